The summed E-state index contributed by atoms with van der Waals surface area (Å²) in [5.74, 6) is 0. The van der Waals surface area contributed by atoms with Gasteiger partial charge in [-0.2, -0.15) is 13.2 Å². The number of benzene rings is 1. The SMILES string of the molecule is FC(F)(F)c1ccc(COCC2CCCCN2)cc1. The molecule has 1 N–H and O–H groups in total. The van der Waals surface area contributed by atoms with E-state index in [1.165, 1.54) is 25.0 Å². The molecule has 19 heavy (non-hydrogen) atoms. The Morgan fingerprint density at radius 3 is 2.47 bits per heavy atom. The van der Waals surface area contributed by atoms with Gasteiger partial charge in [0.25, 0.3) is 0 Å². The Kier molecular flexibility index (Phi) is 4.82. The van der Waals surface area contributed by atoms with Gasteiger partial charge in [-0.05, 0) is 37.1 Å². The number of halogens is 3. The molecule has 0 aromatic heterocycles. The van der Waals surface area contributed by atoms with E-state index in [1.54, 1.807) is 0 Å². The second kappa shape index (κ2) is 6.39. The van der Waals surface area contributed by atoms with Crippen LogP contribution in [-0.2, 0) is 17.5 Å². The van der Waals surface area contributed by atoms with E-state index in [1.807, 2.05) is 0 Å². The molecule has 2 nitrogen and oxygen atoms in total. The Morgan fingerprint density at radius 1 is 1.16 bits per heavy atom. The second-order valence-corrected chi connectivity index (χ2v) is 4.86. The van der Waals surface area contributed by atoms with Crippen LogP contribution < -0.4 is 5.32 Å². The van der Waals surface area contributed by atoms with Crippen molar-refractivity contribution in [3.05, 3.63) is 35.4 Å². The van der Waals surface area contributed by atoms with Gasteiger partial charge in [-0.1, -0.05) is 18.6 Å². The van der Waals surface area contributed by atoms with E-state index >= 15 is 0 Å². The molecule has 0 saturated carbocycles. The summed E-state index contributed by atoms with van der Waals surface area (Å²) < 4.78 is 42.7. The molecule has 1 aromatic rings. The fourth-order valence-corrected chi connectivity index (χ4v) is 2.18. The van der Waals surface area contributed by atoms with Crippen LogP contribution in [0.15, 0.2) is 24.3 Å². The van der Waals surface area contributed by atoms with Gasteiger partial charge in [0, 0.05) is 6.04 Å². The van der Waals surface area contributed by atoms with Crippen LogP contribution in [0.2, 0.25) is 0 Å². The molecule has 106 valence electrons. The Bertz CT molecular complexity index is 383. The molecule has 0 spiro atoms. The van der Waals surface area contributed by atoms with Gasteiger partial charge in [0.2, 0.25) is 0 Å². The number of rotatable bonds is 4. The largest absolute Gasteiger partial charge is 0.416 e. The van der Waals surface area contributed by atoms with Crippen LogP contribution in [0.4, 0.5) is 13.2 Å². The molecule has 0 bridgehead atoms. The monoisotopic (exact) mass is 273 g/mol. The molecule has 1 unspecified atom stereocenters. The molecule has 0 amide bonds. The Balaban J connectivity index is 1.76. The first kappa shape index (κ1) is 14.3. The van der Waals surface area contributed by atoms with Gasteiger partial charge in [0.1, 0.15) is 0 Å². The van der Waals surface area contributed by atoms with E-state index in [9.17, 15) is 13.2 Å². The van der Waals surface area contributed by atoms with Gasteiger partial charge in [-0.15, -0.1) is 0 Å². The Hall–Kier alpha value is -1.07. The maximum atomic E-state index is 12.4. The van der Waals surface area contributed by atoms with Crippen molar-refractivity contribution in [2.75, 3.05) is 13.2 Å². The van der Waals surface area contributed by atoms with E-state index in [0.29, 0.717) is 19.3 Å². The molecule has 1 aliphatic rings. The zero-order chi connectivity index (χ0) is 13.7. The Morgan fingerprint density at radius 2 is 1.89 bits per heavy atom. The highest BCUT2D eigenvalue weighted by molar-refractivity contribution is 5.24. The average Bonchev–Trinajstić information content (AvgIpc) is 2.39. The first-order valence-electron chi connectivity index (χ1n) is 6.53. The molecule has 2 rings (SSSR count). The Labute approximate surface area is 111 Å². The van der Waals surface area contributed by atoms with Crippen molar-refractivity contribution in [1.82, 2.24) is 5.32 Å². The third-order valence-corrected chi connectivity index (χ3v) is 3.28. The van der Waals surface area contributed by atoms with Crippen molar-refractivity contribution in [2.24, 2.45) is 0 Å². The van der Waals surface area contributed by atoms with Gasteiger partial charge >= 0.3 is 6.18 Å². The molecule has 1 heterocycles. The number of alkyl halides is 3. The van der Waals surface area contributed by atoms with Gasteiger partial charge in [-0.3, -0.25) is 0 Å². The standard InChI is InChI=1S/C14H18F3NO/c15-14(16,17)12-6-4-11(5-7-12)9-19-10-13-3-1-2-8-18-13/h4-7,13,18H,1-3,8-10H2. The zero-order valence-electron chi connectivity index (χ0n) is 10.7. The maximum absolute atomic E-state index is 12.4. The lowest BCUT2D eigenvalue weighted by atomic mass is 10.1. The molecule has 0 radical (unpaired) electrons. The molecular formula is C14H18F3NO. The lowest BCUT2D eigenvalue weighted by molar-refractivity contribution is -0.137. The van der Waals surface area contributed by atoms with Gasteiger partial charge in [-0.25, -0.2) is 0 Å². The first-order valence-corrected chi connectivity index (χ1v) is 6.53. The maximum Gasteiger partial charge on any atom is 0.416 e. The van der Waals surface area contributed by atoms with E-state index in [4.69, 9.17) is 4.74 Å². The normalized spacial score (nSPS) is 20.5. The minimum absolute atomic E-state index is 0.357. The van der Waals surface area contributed by atoms with Crippen LogP contribution in [0.25, 0.3) is 0 Å². The van der Waals surface area contributed by atoms with Crippen LogP contribution in [0.5, 0.6) is 0 Å². The lowest BCUT2D eigenvalue weighted by Gasteiger charge is -2.23. The second-order valence-electron chi connectivity index (χ2n) is 4.86. The summed E-state index contributed by atoms with van der Waals surface area (Å²) in [5.41, 5.74) is 0.147. The fraction of sp³-hybridized carbons (Fsp3) is 0.571. The van der Waals surface area contributed by atoms with Crippen molar-refractivity contribution in [1.29, 1.82) is 0 Å². The molecule has 1 saturated heterocycles. The van der Waals surface area contributed by atoms with Crippen molar-refractivity contribution in [3.63, 3.8) is 0 Å². The average molecular weight is 273 g/mol. The van der Waals surface area contributed by atoms with E-state index < -0.39 is 11.7 Å². The number of hydrogen-bond acceptors (Lipinski definition) is 2. The van der Waals surface area contributed by atoms with Crippen LogP contribution in [-0.4, -0.2) is 19.2 Å². The van der Waals surface area contributed by atoms with Gasteiger partial charge in [0.15, 0.2) is 0 Å². The molecule has 1 aromatic carbocycles. The molecule has 1 atom stereocenters. The minimum Gasteiger partial charge on any atom is -0.375 e. The van der Waals surface area contributed by atoms with Crippen LogP contribution in [0.1, 0.15) is 30.4 Å². The van der Waals surface area contributed by atoms with Crippen molar-refractivity contribution < 1.29 is 17.9 Å². The summed E-state index contributed by atoms with van der Waals surface area (Å²) in [6.07, 6.45) is -0.755. The predicted octanol–water partition coefficient (Wildman–Crippen LogP) is 3.36. The summed E-state index contributed by atoms with van der Waals surface area (Å²) in [7, 11) is 0. The number of hydrogen-bond donors (Lipinski definition) is 1. The van der Waals surface area contributed by atoms with Crippen molar-refractivity contribution in [3.8, 4) is 0 Å². The highest BCUT2D eigenvalue weighted by atomic mass is 19.4. The number of ether oxygens (including phenoxy) is 1. The van der Waals surface area contributed by atoms with E-state index in [2.05, 4.69) is 5.32 Å². The summed E-state index contributed by atoms with van der Waals surface area (Å²) in [4.78, 5) is 0. The van der Waals surface area contributed by atoms with Crippen LogP contribution in [0, 0.1) is 0 Å². The van der Waals surface area contributed by atoms with E-state index in [0.717, 1.165) is 30.7 Å². The van der Waals surface area contributed by atoms with Crippen LogP contribution in [0.3, 0.4) is 0 Å². The molecule has 1 fully saturated rings. The number of nitrogens with one attached hydrogen (secondary N) is 1. The van der Waals surface area contributed by atoms with Crippen LogP contribution >= 0.6 is 0 Å². The lowest BCUT2D eigenvalue weighted by Crippen LogP contribution is -2.37. The first-order chi connectivity index (χ1) is 9.05. The van der Waals surface area contributed by atoms with Gasteiger partial charge in [0.05, 0.1) is 18.8 Å². The quantitative estimate of drug-likeness (QED) is 0.908. The van der Waals surface area contributed by atoms with Crippen molar-refractivity contribution >= 4 is 0 Å². The fourth-order valence-electron chi connectivity index (χ4n) is 2.18. The summed E-state index contributed by atoms with van der Waals surface area (Å²) >= 11 is 0. The summed E-state index contributed by atoms with van der Waals surface area (Å²) in [6, 6.07) is 5.51. The molecule has 1 aliphatic heterocycles. The minimum atomic E-state index is -4.27. The third kappa shape index (κ3) is 4.51. The third-order valence-electron chi connectivity index (χ3n) is 3.28. The van der Waals surface area contributed by atoms with Gasteiger partial charge < -0.3 is 10.1 Å². The smallest absolute Gasteiger partial charge is 0.375 e. The molecular weight excluding hydrogens is 255 g/mol. The highest BCUT2D eigenvalue weighted by Gasteiger charge is 2.29. The number of piperidine rings is 1. The molecule has 0 aliphatic carbocycles. The molecule has 5 heteroatoms. The summed E-state index contributed by atoms with van der Waals surface area (Å²) in [6.45, 7) is 1.99. The summed E-state index contributed by atoms with van der Waals surface area (Å²) in [5, 5.41) is 3.36. The van der Waals surface area contributed by atoms with E-state index in [-0.39, 0.29) is 0 Å². The highest BCUT2D eigenvalue weighted by Crippen LogP contribution is 2.29. The topological polar surface area (TPSA) is 21.3 Å². The van der Waals surface area contributed by atoms with Crippen molar-refractivity contribution in [2.45, 2.75) is 38.1 Å². The zero-order valence-corrected chi connectivity index (χ0v) is 10.7. The predicted molar refractivity (Wildman–Crippen MR) is 66.7 cm³/mol.